The van der Waals surface area contributed by atoms with Crippen molar-refractivity contribution in [3.8, 4) is 0 Å². The smallest absolute Gasteiger partial charge is 0.272 e. The monoisotopic (exact) mass is 208 g/mol. The van der Waals surface area contributed by atoms with Crippen molar-refractivity contribution < 1.29 is 4.79 Å². The summed E-state index contributed by atoms with van der Waals surface area (Å²) in [7, 11) is 5.72. The van der Waals surface area contributed by atoms with Crippen LogP contribution in [0, 0.1) is 0 Å². The fourth-order valence-corrected chi connectivity index (χ4v) is 1.06. The molecule has 0 saturated carbocycles. The van der Waals surface area contributed by atoms with Crippen LogP contribution in [0.15, 0.2) is 18.6 Å². The molecule has 0 aliphatic carbocycles. The fraction of sp³-hybridized carbons (Fsp3) is 0.500. The lowest BCUT2D eigenvalue weighted by atomic mass is 10.3. The Labute approximate surface area is 89.7 Å². The summed E-state index contributed by atoms with van der Waals surface area (Å²) in [5.74, 6) is -0.0701. The molecule has 0 unspecified atom stereocenters. The molecule has 1 aromatic rings. The van der Waals surface area contributed by atoms with Gasteiger partial charge in [0.05, 0.1) is 0 Å². The van der Waals surface area contributed by atoms with Crippen molar-refractivity contribution in [2.45, 2.75) is 0 Å². The van der Waals surface area contributed by atoms with Gasteiger partial charge in [-0.3, -0.25) is 4.79 Å². The van der Waals surface area contributed by atoms with Gasteiger partial charge in [-0.2, -0.15) is 0 Å². The normalized spacial score (nSPS) is 10.4. The second kappa shape index (κ2) is 5.41. The fourth-order valence-electron chi connectivity index (χ4n) is 1.06. The summed E-state index contributed by atoms with van der Waals surface area (Å²) >= 11 is 0. The van der Waals surface area contributed by atoms with Gasteiger partial charge in [-0.05, 0) is 20.2 Å². The van der Waals surface area contributed by atoms with Gasteiger partial charge in [0, 0.05) is 26.3 Å². The molecule has 0 aliphatic heterocycles. The molecule has 1 amide bonds. The summed E-state index contributed by atoms with van der Waals surface area (Å²) in [6.45, 7) is 1.53. The van der Waals surface area contributed by atoms with Crippen LogP contribution in [0.25, 0.3) is 0 Å². The maximum Gasteiger partial charge on any atom is 0.272 e. The van der Waals surface area contributed by atoms with E-state index in [0.29, 0.717) is 12.2 Å². The maximum absolute atomic E-state index is 11.8. The first-order valence-electron chi connectivity index (χ1n) is 4.77. The summed E-state index contributed by atoms with van der Waals surface area (Å²) in [6, 6.07) is 1.62. The Morgan fingerprint density at radius 3 is 2.60 bits per heavy atom. The highest BCUT2D eigenvalue weighted by atomic mass is 16.2. The summed E-state index contributed by atoms with van der Waals surface area (Å²) < 4.78 is 0. The summed E-state index contributed by atoms with van der Waals surface area (Å²) in [5, 5.41) is 0. The van der Waals surface area contributed by atoms with Crippen LogP contribution in [-0.4, -0.2) is 59.9 Å². The van der Waals surface area contributed by atoms with Crippen molar-refractivity contribution in [1.29, 1.82) is 0 Å². The van der Waals surface area contributed by atoms with Gasteiger partial charge in [0.2, 0.25) is 0 Å². The predicted molar refractivity (Wildman–Crippen MR) is 57.5 cm³/mol. The van der Waals surface area contributed by atoms with E-state index in [2.05, 4.69) is 9.97 Å². The number of rotatable bonds is 4. The van der Waals surface area contributed by atoms with Crippen LogP contribution < -0.4 is 0 Å². The largest absolute Gasteiger partial charge is 0.339 e. The third-order valence-electron chi connectivity index (χ3n) is 2.03. The van der Waals surface area contributed by atoms with E-state index in [0.717, 1.165) is 6.54 Å². The van der Waals surface area contributed by atoms with Gasteiger partial charge >= 0.3 is 0 Å². The number of likely N-dealkylation sites (N-methyl/N-ethyl adjacent to an activating group) is 2. The third-order valence-corrected chi connectivity index (χ3v) is 2.03. The molecule has 5 nitrogen and oxygen atoms in total. The molecule has 0 bridgehead atoms. The van der Waals surface area contributed by atoms with Crippen LogP contribution in [0.4, 0.5) is 0 Å². The molecular weight excluding hydrogens is 192 g/mol. The third kappa shape index (κ3) is 3.63. The molecule has 82 valence electrons. The Kier molecular flexibility index (Phi) is 4.17. The minimum Gasteiger partial charge on any atom is -0.339 e. The van der Waals surface area contributed by atoms with Crippen LogP contribution in [0.3, 0.4) is 0 Å². The van der Waals surface area contributed by atoms with Crippen LogP contribution in [0.5, 0.6) is 0 Å². The van der Waals surface area contributed by atoms with E-state index in [1.807, 2.05) is 19.0 Å². The first-order valence-corrected chi connectivity index (χ1v) is 4.77. The number of amides is 1. The zero-order valence-corrected chi connectivity index (χ0v) is 9.34. The van der Waals surface area contributed by atoms with Crippen molar-refractivity contribution in [2.75, 3.05) is 34.2 Å². The van der Waals surface area contributed by atoms with E-state index in [4.69, 9.17) is 0 Å². The molecule has 0 aromatic carbocycles. The van der Waals surface area contributed by atoms with E-state index in [-0.39, 0.29) is 5.91 Å². The Bertz CT molecular complexity index is 312. The zero-order chi connectivity index (χ0) is 11.3. The van der Waals surface area contributed by atoms with Crippen molar-refractivity contribution >= 4 is 5.91 Å². The number of hydrogen-bond acceptors (Lipinski definition) is 4. The number of hydrogen-bond donors (Lipinski definition) is 0. The Morgan fingerprint density at radius 1 is 1.33 bits per heavy atom. The zero-order valence-electron chi connectivity index (χ0n) is 9.34. The number of carbonyl (C=O) groups is 1. The molecule has 0 saturated heterocycles. The van der Waals surface area contributed by atoms with Gasteiger partial charge in [0.1, 0.15) is 12.0 Å². The molecule has 0 fully saturated rings. The van der Waals surface area contributed by atoms with E-state index in [1.165, 1.54) is 6.33 Å². The first-order chi connectivity index (χ1) is 7.11. The highest BCUT2D eigenvalue weighted by Gasteiger charge is 2.12. The summed E-state index contributed by atoms with van der Waals surface area (Å²) in [5.41, 5.74) is 0.436. The molecule has 0 spiro atoms. The average molecular weight is 208 g/mol. The minimum atomic E-state index is -0.0701. The van der Waals surface area contributed by atoms with Crippen LogP contribution in [0.2, 0.25) is 0 Å². The van der Waals surface area contributed by atoms with Gasteiger partial charge in [-0.15, -0.1) is 0 Å². The summed E-state index contributed by atoms with van der Waals surface area (Å²) in [6.07, 6.45) is 2.95. The lowest BCUT2D eigenvalue weighted by Crippen LogP contribution is -2.33. The Morgan fingerprint density at radius 2 is 2.07 bits per heavy atom. The van der Waals surface area contributed by atoms with E-state index in [9.17, 15) is 4.79 Å². The van der Waals surface area contributed by atoms with E-state index in [1.54, 1.807) is 24.2 Å². The Balaban J connectivity index is 2.54. The molecule has 1 aromatic heterocycles. The van der Waals surface area contributed by atoms with Gasteiger partial charge < -0.3 is 9.80 Å². The van der Waals surface area contributed by atoms with Crippen LogP contribution in [-0.2, 0) is 0 Å². The maximum atomic E-state index is 11.8. The molecule has 1 rings (SSSR count). The topological polar surface area (TPSA) is 49.3 Å². The number of aromatic nitrogens is 2. The molecule has 5 heteroatoms. The number of carbonyl (C=O) groups excluding carboxylic acids is 1. The SMILES string of the molecule is CN(C)CCN(C)C(=O)c1ccncn1. The van der Waals surface area contributed by atoms with Gasteiger partial charge in [-0.1, -0.05) is 0 Å². The van der Waals surface area contributed by atoms with Crippen LogP contribution >= 0.6 is 0 Å². The van der Waals surface area contributed by atoms with Crippen molar-refractivity contribution in [2.24, 2.45) is 0 Å². The second-order valence-corrected chi connectivity index (χ2v) is 3.62. The van der Waals surface area contributed by atoms with Crippen molar-refractivity contribution in [1.82, 2.24) is 19.8 Å². The van der Waals surface area contributed by atoms with Crippen molar-refractivity contribution in [3.05, 3.63) is 24.3 Å². The summed E-state index contributed by atoms with van der Waals surface area (Å²) in [4.78, 5) is 23.1. The standard InChI is InChI=1S/C10H16N4O/c1-13(2)6-7-14(3)10(15)9-4-5-11-8-12-9/h4-5,8H,6-7H2,1-3H3. The van der Waals surface area contributed by atoms with Crippen LogP contribution in [0.1, 0.15) is 10.5 Å². The molecular formula is C10H16N4O. The van der Waals surface area contributed by atoms with Gasteiger partial charge in [0.15, 0.2) is 0 Å². The highest BCUT2D eigenvalue weighted by molar-refractivity contribution is 5.91. The molecule has 15 heavy (non-hydrogen) atoms. The molecule has 0 aliphatic rings. The van der Waals surface area contributed by atoms with E-state index < -0.39 is 0 Å². The lowest BCUT2D eigenvalue weighted by molar-refractivity contribution is 0.0780. The van der Waals surface area contributed by atoms with Gasteiger partial charge in [0.25, 0.3) is 5.91 Å². The highest BCUT2D eigenvalue weighted by Crippen LogP contribution is 1.97. The molecule has 0 radical (unpaired) electrons. The molecule has 1 heterocycles. The number of nitrogens with zero attached hydrogens (tertiary/aromatic N) is 4. The Hall–Kier alpha value is -1.49. The average Bonchev–Trinajstić information content (AvgIpc) is 2.26. The van der Waals surface area contributed by atoms with E-state index >= 15 is 0 Å². The molecule has 0 atom stereocenters. The van der Waals surface area contributed by atoms with Crippen molar-refractivity contribution in [3.63, 3.8) is 0 Å². The quantitative estimate of drug-likeness (QED) is 0.704. The lowest BCUT2D eigenvalue weighted by Gasteiger charge is -2.18. The predicted octanol–water partition coefficient (Wildman–Crippen LogP) is 0.110. The first kappa shape index (κ1) is 11.6. The van der Waals surface area contributed by atoms with Gasteiger partial charge in [-0.25, -0.2) is 9.97 Å². The minimum absolute atomic E-state index is 0.0701. The second-order valence-electron chi connectivity index (χ2n) is 3.62. The molecule has 0 N–H and O–H groups in total.